The van der Waals surface area contributed by atoms with Crippen LogP contribution in [-0.2, 0) is 19.1 Å². The summed E-state index contributed by atoms with van der Waals surface area (Å²) in [5.41, 5.74) is 0. The molecule has 134 valence electrons. The fourth-order valence-electron chi connectivity index (χ4n) is 3.14. The molecule has 2 heterocycles. The number of aliphatic hydroxyl groups excluding tert-OH is 1. The van der Waals surface area contributed by atoms with Crippen molar-refractivity contribution in [2.24, 2.45) is 5.92 Å². The first-order chi connectivity index (χ1) is 11.6. The van der Waals surface area contributed by atoms with Crippen LogP contribution in [-0.4, -0.2) is 60.1 Å². The van der Waals surface area contributed by atoms with E-state index in [2.05, 4.69) is 5.32 Å². The number of cyclic esters (lactones) is 1. The van der Waals surface area contributed by atoms with Crippen LogP contribution in [0.4, 0.5) is 0 Å². The zero-order valence-electron chi connectivity index (χ0n) is 13.9. The van der Waals surface area contributed by atoms with E-state index in [4.69, 9.17) is 9.84 Å². The monoisotopic (exact) mass is 338 g/mol. The van der Waals surface area contributed by atoms with Gasteiger partial charge in [-0.15, -0.1) is 0 Å². The number of esters is 1. The summed E-state index contributed by atoms with van der Waals surface area (Å²) in [7, 11) is 0. The van der Waals surface area contributed by atoms with Crippen LogP contribution in [0.3, 0.4) is 0 Å². The highest BCUT2D eigenvalue weighted by atomic mass is 16.5. The standard InChI is InChI=1S/C17H26N2O5/c20-10-8-18-15(21)11-13-5-2-1-3-7-16(22)24-12-14-6-4-9-19(14)17(13)23/h1-2,13-14,20H,3-12H2,(H,18,21)/b2-1-/t13-,14-/m0/s1. The molecule has 0 bridgehead atoms. The lowest BCUT2D eigenvalue weighted by Gasteiger charge is -2.28. The number of nitrogens with zero attached hydrogens (tertiary/aromatic N) is 1. The predicted octanol–water partition coefficient (Wildman–Crippen LogP) is 0.376. The molecule has 2 aliphatic rings. The average molecular weight is 338 g/mol. The summed E-state index contributed by atoms with van der Waals surface area (Å²) in [5, 5.41) is 11.4. The van der Waals surface area contributed by atoms with Crippen LogP contribution < -0.4 is 5.32 Å². The van der Waals surface area contributed by atoms with Gasteiger partial charge in [0, 0.05) is 25.9 Å². The maximum absolute atomic E-state index is 12.9. The van der Waals surface area contributed by atoms with Crippen LogP contribution in [0.15, 0.2) is 12.2 Å². The van der Waals surface area contributed by atoms with Crippen LogP contribution in [0.5, 0.6) is 0 Å². The smallest absolute Gasteiger partial charge is 0.306 e. The molecule has 0 aromatic rings. The molecule has 2 N–H and O–H groups in total. The van der Waals surface area contributed by atoms with Gasteiger partial charge < -0.3 is 20.1 Å². The van der Waals surface area contributed by atoms with Crippen LogP contribution in [0, 0.1) is 5.92 Å². The van der Waals surface area contributed by atoms with E-state index in [1.807, 2.05) is 12.2 Å². The quantitative estimate of drug-likeness (QED) is 0.570. The Kier molecular flexibility index (Phi) is 7.24. The van der Waals surface area contributed by atoms with Gasteiger partial charge in [0.05, 0.1) is 18.6 Å². The van der Waals surface area contributed by atoms with E-state index >= 15 is 0 Å². The highest BCUT2D eigenvalue weighted by molar-refractivity contribution is 5.86. The van der Waals surface area contributed by atoms with Crippen molar-refractivity contribution < 1.29 is 24.2 Å². The molecule has 0 spiro atoms. The molecular weight excluding hydrogens is 312 g/mol. The zero-order valence-corrected chi connectivity index (χ0v) is 13.9. The first kappa shape index (κ1) is 18.4. The summed E-state index contributed by atoms with van der Waals surface area (Å²) in [6.45, 7) is 0.943. The molecule has 2 rings (SSSR count). The molecule has 0 aromatic carbocycles. The molecular formula is C17H26N2O5. The van der Waals surface area contributed by atoms with Crippen molar-refractivity contribution in [2.75, 3.05) is 26.3 Å². The van der Waals surface area contributed by atoms with E-state index in [1.54, 1.807) is 4.90 Å². The summed E-state index contributed by atoms with van der Waals surface area (Å²) >= 11 is 0. The van der Waals surface area contributed by atoms with Crippen LogP contribution in [0.1, 0.15) is 38.5 Å². The third-order valence-electron chi connectivity index (χ3n) is 4.41. The van der Waals surface area contributed by atoms with Gasteiger partial charge in [0.2, 0.25) is 11.8 Å². The number of nitrogens with one attached hydrogen (secondary N) is 1. The second kappa shape index (κ2) is 9.42. The third-order valence-corrected chi connectivity index (χ3v) is 4.41. The maximum atomic E-state index is 12.9. The molecule has 2 amide bonds. The number of hydrogen-bond donors (Lipinski definition) is 2. The minimum Gasteiger partial charge on any atom is -0.463 e. The lowest BCUT2D eigenvalue weighted by Crippen LogP contribution is -2.43. The summed E-state index contributed by atoms with van der Waals surface area (Å²) in [6, 6.07) is -0.0899. The minimum absolute atomic E-state index is 0.0575. The van der Waals surface area contributed by atoms with Crippen LogP contribution in [0.25, 0.3) is 0 Å². The normalized spacial score (nSPS) is 26.8. The fraction of sp³-hybridized carbons (Fsp3) is 0.706. The van der Waals surface area contributed by atoms with E-state index in [1.165, 1.54) is 0 Å². The second-order valence-electron chi connectivity index (χ2n) is 6.23. The predicted molar refractivity (Wildman–Crippen MR) is 86.9 cm³/mol. The van der Waals surface area contributed by atoms with E-state index in [0.717, 1.165) is 12.8 Å². The largest absolute Gasteiger partial charge is 0.463 e. The van der Waals surface area contributed by atoms with E-state index < -0.39 is 5.92 Å². The molecule has 1 fully saturated rings. The van der Waals surface area contributed by atoms with Gasteiger partial charge in [0.15, 0.2) is 0 Å². The number of aliphatic hydroxyl groups is 1. The van der Waals surface area contributed by atoms with Crippen molar-refractivity contribution in [2.45, 2.75) is 44.6 Å². The molecule has 7 nitrogen and oxygen atoms in total. The van der Waals surface area contributed by atoms with Crippen molar-refractivity contribution in [3.8, 4) is 0 Å². The Morgan fingerprint density at radius 3 is 3.00 bits per heavy atom. The first-order valence-electron chi connectivity index (χ1n) is 8.60. The van der Waals surface area contributed by atoms with Gasteiger partial charge in [-0.2, -0.15) is 0 Å². The van der Waals surface area contributed by atoms with Crippen molar-refractivity contribution in [1.82, 2.24) is 10.2 Å². The molecule has 1 saturated heterocycles. The van der Waals surface area contributed by atoms with Gasteiger partial charge in [0.25, 0.3) is 0 Å². The van der Waals surface area contributed by atoms with E-state index in [9.17, 15) is 14.4 Å². The van der Waals surface area contributed by atoms with E-state index in [-0.39, 0.29) is 50.0 Å². The molecule has 0 aliphatic carbocycles. The molecule has 2 aliphatic heterocycles. The molecule has 7 heteroatoms. The number of ether oxygens (including phenoxy) is 1. The first-order valence-corrected chi connectivity index (χ1v) is 8.60. The highest BCUT2D eigenvalue weighted by Crippen LogP contribution is 2.24. The molecule has 24 heavy (non-hydrogen) atoms. The number of hydrogen-bond acceptors (Lipinski definition) is 5. The van der Waals surface area contributed by atoms with Crippen LogP contribution in [0.2, 0.25) is 0 Å². The van der Waals surface area contributed by atoms with Crippen molar-refractivity contribution in [3.05, 3.63) is 12.2 Å². The summed E-state index contributed by atoms with van der Waals surface area (Å²) in [5.74, 6) is -0.946. The van der Waals surface area contributed by atoms with Crippen molar-refractivity contribution in [1.29, 1.82) is 0 Å². The molecule has 0 saturated carbocycles. The van der Waals surface area contributed by atoms with Crippen molar-refractivity contribution in [3.63, 3.8) is 0 Å². The van der Waals surface area contributed by atoms with Gasteiger partial charge in [-0.3, -0.25) is 14.4 Å². The number of carbonyl (C=O) groups excluding carboxylic acids is 3. The van der Waals surface area contributed by atoms with Crippen LogP contribution >= 0.6 is 0 Å². The Bertz CT molecular complexity index is 491. The molecule has 2 atom stereocenters. The minimum atomic E-state index is -0.421. The fourth-order valence-corrected chi connectivity index (χ4v) is 3.14. The van der Waals surface area contributed by atoms with Gasteiger partial charge in [-0.05, 0) is 25.7 Å². The zero-order chi connectivity index (χ0) is 17.4. The average Bonchev–Trinajstić information content (AvgIpc) is 3.03. The van der Waals surface area contributed by atoms with Gasteiger partial charge in [0.1, 0.15) is 6.61 Å². The number of amides is 2. The number of allylic oxidation sites excluding steroid dienone is 2. The number of fused-ring (bicyclic) bond motifs is 1. The summed E-state index contributed by atoms with van der Waals surface area (Å²) in [4.78, 5) is 38.2. The lowest BCUT2D eigenvalue weighted by molar-refractivity contribution is -0.148. The van der Waals surface area contributed by atoms with Gasteiger partial charge >= 0.3 is 5.97 Å². The molecule has 0 unspecified atom stereocenters. The maximum Gasteiger partial charge on any atom is 0.306 e. The van der Waals surface area contributed by atoms with Crippen molar-refractivity contribution >= 4 is 17.8 Å². The van der Waals surface area contributed by atoms with Gasteiger partial charge in [-0.1, -0.05) is 12.2 Å². The Balaban J connectivity index is 2.08. The Labute approximate surface area is 142 Å². The topological polar surface area (TPSA) is 95.9 Å². The van der Waals surface area contributed by atoms with E-state index in [0.29, 0.717) is 25.8 Å². The Morgan fingerprint density at radius 1 is 1.38 bits per heavy atom. The Morgan fingerprint density at radius 2 is 2.21 bits per heavy atom. The number of carbonyl (C=O) groups is 3. The highest BCUT2D eigenvalue weighted by Gasteiger charge is 2.34. The molecule has 0 radical (unpaired) electrons. The third kappa shape index (κ3) is 5.33. The summed E-state index contributed by atoms with van der Waals surface area (Å²) in [6.07, 6.45) is 6.91. The second-order valence-corrected chi connectivity index (χ2v) is 6.23. The number of rotatable bonds is 4. The summed E-state index contributed by atoms with van der Waals surface area (Å²) < 4.78 is 5.27. The lowest BCUT2D eigenvalue weighted by atomic mass is 9.97. The SMILES string of the molecule is O=C(C[C@@H]1C/C=C\CCC(=O)OC[C@@H]2CCCN2C1=O)NCCO. The van der Waals surface area contributed by atoms with Gasteiger partial charge in [-0.25, -0.2) is 0 Å². The Hall–Kier alpha value is -1.89. The molecule has 0 aromatic heterocycles.